The number of rotatable bonds is 4. The second kappa shape index (κ2) is 7.66. The van der Waals surface area contributed by atoms with Gasteiger partial charge in [-0.15, -0.1) is 0 Å². The van der Waals surface area contributed by atoms with Crippen molar-refractivity contribution < 1.29 is 29.9 Å². The smallest absolute Gasteiger partial charge is 0.477 e. The second-order valence-corrected chi connectivity index (χ2v) is 5.30. The van der Waals surface area contributed by atoms with Gasteiger partial charge < -0.3 is 29.9 Å². The maximum atomic E-state index is 9.12. The van der Waals surface area contributed by atoms with E-state index in [1.165, 1.54) is 24.3 Å². The van der Waals surface area contributed by atoms with Gasteiger partial charge in [0.05, 0.1) is 11.2 Å². The largest absolute Gasteiger partial charge is 0.508 e. The average Bonchev–Trinajstić information content (AvgIpc) is 2.28. The first kappa shape index (κ1) is 18.9. The third kappa shape index (κ3) is 6.93. The molecule has 6 nitrogen and oxygen atoms in total. The summed E-state index contributed by atoms with van der Waals surface area (Å²) in [7, 11) is -0.784. The van der Waals surface area contributed by atoms with Gasteiger partial charge in [-0.1, -0.05) is 12.1 Å². The van der Waals surface area contributed by atoms with Gasteiger partial charge in [0.15, 0.2) is 0 Å². The van der Waals surface area contributed by atoms with Crippen LogP contribution in [0.1, 0.15) is 27.7 Å². The molecule has 0 bridgehead atoms. The van der Waals surface area contributed by atoms with E-state index in [4.69, 9.17) is 25.4 Å². The summed E-state index contributed by atoms with van der Waals surface area (Å²) in [4.78, 5) is 0. The molecule has 20 heavy (non-hydrogen) atoms. The number of aromatic hydroxyl groups is 1. The van der Waals surface area contributed by atoms with Crippen molar-refractivity contribution in [3.05, 3.63) is 24.3 Å². The highest BCUT2D eigenvalue weighted by Gasteiger charge is 2.31. The third-order valence-corrected chi connectivity index (χ3v) is 2.87. The van der Waals surface area contributed by atoms with Crippen molar-refractivity contribution in [2.24, 2.45) is 0 Å². The van der Waals surface area contributed by atoms with Gasteiger partial charge in [0.1, 0.15) is 5.75 Å². The van der Waals surface area contributed by atoms with Gasteiger partial charge >= 0.3 is 14.8 Å². The minimum Gasteiger partial charge on any atom is -0.508 e. The minimum absolute atomic E-state index is 0.110. The fourth-order valence-corrected chi connectivity index (χ4v) is 0.775. The Bertz CT molecular complexity index is 370. The second-order valence-electron chi connectivity index (χ2n) is 5.30. The summed E-state index contributed by atoms with van der Waals surface area (Å²) in [5.41, 5.74) is -1.56. The van der Waals surface area contributed by atoms with Crippen LogP contribution in [0.3, 0.4) is 0 Å². The molecule has 0 aliphatic carbocycles. The first-order valence-corrected chi connectivity index (χ1v) is 6.02. The Morgan fingerprint density at radius 2 is 1.40 bits per heavy atom. The third-order valence-electron chi connectivity index (χ3n) is 2.87. The molecule has 1 aromatic carbocycles. The Kier molecular flexibility index (Phi) is 7.26. The van der Waals surface area contributed by atoms with Gasteiger partial charge in [-0.2, -0.15) is 0 Å². The number of hydrogen-bond donors (Lipinski definition) is 5. The topological polar surface area (TPSA) is 110 Å². The molecule has 0 aliphatic rings. The summed E-state index contributed by atoms with van der Waals surface area (Å²) in [5.74, 6) is 0.110. The predicted octanol–water partition coefficient (Wildman–Crippen LogP) is -0.849. The molecule has 0 aliphatic heterocycles. The molecule has 5 N–H and O–H groups in total. The molecule has 111 valence electrons. The van der Waals surface area contributed by atoms with Crippen LogP contribution in [-0.2, 0) is 4.57 Å². The molecule has 0 amide bonds. The van der Waals surface area contributed by atoms with Crippen molar-refractivity contribution in [2.75, 3.05) is 0 Å². The van der Waals surface area contributed by atoms with E-state index in [-0.39, 0.29) is 5.75 Å². The number of phenols is 1. The van der Waals surface area contributed by atoms with E-state index >= 15 is 0 Å². The Morgan fingerprint density at radius 1 is 1.00 bits per heavy atom. The van der Waals surface area contributed by atoms with Crippen molar-refractivity contribution in [3.8, 4) is 5.75 Å². The average molecular weight is 283 g/mol. The molecule has 8 heteroatoms. The van der Waals surface area contributed by atoms with Crippen LogP contribution in [0, 0.1) is 0 Å². The van der Waals surface area contributed by atoms with E-state index in [2.05, 4.69) is 4.57 Å². The standard InChI is InChI=1S/C6H7B2O4.C6H14O2/c9-6-3-1-5(2-4-6)8(11)12-7-10;1-5(2,7)6(3,4)8/h1-4,9-11H;7-8H,1-4H3. The first-order chi connectivity index (χ1) is 8.99. The van der Waals surface area contributed by atoms with Gasteiger partial charge in [-0.3, -0.25) is 0 Å². The Labute approximate surface area is 120 Å². The van der Waals surface area contributed by atoms with Crippen LogP contribution >= 0.6 is 0 Å². The Balaban J connectivity index is 0.000000396. The van der Waals surface area contributed by atoms with E-state index in [0.717, 1.165) is 0 Å². The van der Waals surface area contributed by atoms with Crippen LogP contribution in [0.25, 0.3) is 0 Å². The lowest BCUT2D eigenvalue weighted by Crippen LogP contribution is -2.44. The van der Waals surface area contributed by atoms with Gasteiger partial charge in [0.2, 0.25) is 0 Å². The van der Waals surface area contributed by atoms with Crippen molar-refractivity contribution in [1.82, 2.24) is 0 Å². The molecule has 1 radical (unpaired) electrons. The number of hydrogen-bond acceptors (Lipinski definition) is 6. The van der Waals surface area contributed by atoms with Crippen molar-refractivity contribution in [2.45, 2.75) is 38.9 Å². The maximum Gasteiger partial charge on any atom is 0.477 e. The first-order valence-electron chi connectivity index (χ1n) is 6.02. The van der Waals surface area contributed by atoms with Crippen LogP contribution in [-0.4, -0.2) is 51.4 Å². The molecule has 0 atom stereocenters. The van der Waals surface area contributed by atoms with Crippen molar-refractivity contribution in [1.29, 1.82) is 0 Å². The summed E-state index contributed by atoms with van der Waals surface area (Å²) in [5, 5.41) is 44.4. The monoisotopic (exact) mass is 283 g/mol. The van der Waals surface area contributed by atoms with E-state index < -0.39 is 18.3 Å². The van der Waals surface area contributed by atoms with Crippen LogP contribution < -0.4 is 5.46 Å². The lowest BCUT2D eigenvalue weighted by molar-refractivity contribution is -0.107. The zero-order valence-electron chi connectivity index (χ0n) is 12.1. The van der Waals surface area contributed by atoms with Gasteiger partial charge in [0.25, 0.3) is 0 Å². The Morgan fingerprint density at radius 3 is 1.70 bits per heavy atom. The fourth-order valence-electron chi connectivity index (χ4n) is 0.775. The van der Waals surface area contributed by atoms with Gasteiger partial charge in [-0.25, -0.2) is 0 Å². The zero-order chi connectivity index (χ0) is 16.0. The number of benzene rings is 1. The minimum atomic E-state index is -1.20. The summed E-state index contributed by atoms with van der Waals surface area (Å²) >= 11 is 0. The molecular formula is C12H21B2O6. The van der Waals surface area contributed by atoms with E-state index in [9.17, 15) is 0 Å². The van der Waals surface area contributed by atoms with Crippen molar-refractivity contribution in [3.63, 3.8) is 0 Å². The molecule has 0 saturated heterocycles. The summed E-state index contributed by atoms with van der Waals surface area (Å²) in [6.07, 6.45) is 0. The molecule has 0 heterocycles. The highest BCUT2D eigenvalue weighted by Crippen LogP contribution is 2.19. The predicted molar refractivity (Wildman–Crippen MR) is 77.4 cm³/mol. The molecule has 0 saturated carbocycles. The SMILES string of the molecule is CC(C)(O)C(C)(C)O.O[B]OB(O)c1ccc(O)cc1. The van der Waals surface area contributed by atoms with Crippen LogP contribution in [0.15, 0.2) is 24.3 Å². The normalized spacial score (nSPS) is 11.4. The summed E-state index contributed by atoms with van der Waals surface area (Å²) in [6.45, 7) is 6.31. The highest BCUT2D eigenvalue weighted by molar-refractivity contribution is 6.63. The molecule has 0 spiro atoms. The quantitative estimate of drug-likeness (QED) is 0.460. The van der Waals surface area contributed by atoms with E-state index in [1.54, 1.807) is 27.7 Å². The lowest BCUT2D eigenvalue weighted by Gasteiger charge is -2.31. The molecule has 1 aromatic rings. The summed E-state index contributed by atoms with van der Waals surface area (Å²) < 4.78 is 4.37. The van der Waals surface area contributed by atoms with Crippen molar-refractivity contribution >= 4 is 20.3 Å². The highest BCUT2D eigenvalue weighted by atomic mass is 16.5. The zero-order valence-corrected chi connectivity index (χ0v) is 12.1. The van der Waals surface area contributed by atoms with Gasteiger partial charge in [-0.05, 0) is 45.3 Å². The van der Waals surface area contributed by atoms with Crippen LogP contribution in [0.5, 0.6) is 5.75 Å². The molecule has 0 unspecified atom stereocenters. The molecule has 0 fully saturated rings. The number of phenolic OH excluding ortho intramolecular Hbond substituents is 1. The van der Waals surface area contributed by atoms with E-state index in [1.807, 2.05) is 0 Å². The fraction of sp³-hybridized carbons (Fsp3) is 0.500. The van der Waals surface area contributed by atoms with E-state index in [0.29, 0.717) is 13.1 Å². The lowest BCUT2D eigenvalue weighted by atomic mass is 9.78. The number of aliphatic hydroxyl groups is 2. The van der Waals surface area contributed by atoms with Crippen LogP contribution in [0.2, 0.25) is 0 Å². The summed E-state index contributed by atoms with van der Waals surface area (Å²) in [6, 6.07) is 5.81. The molecule has 1 rings (SSSR count). The molecule has 0 aromatic heterocycles. The maximum absolute atomic E-state index is 9.12. The molecular weight excluding hydrogens is 262 g/mol. The van der Waals surface area contributed by atoms with Gasteiger partial charge in [0, 0.05) is 0 Å². The van der Waals surface area contributed by atoms with Crippen LogP contribution in [0.4, 0.5) is 0 Å². The Hall–Kier alpha value is -1.05.